The fourth-order valence-corrected chi connectivity index (χ4v) is 2.24. The summed E-state index contributed by atoms with van der Waals surface area (Å²) in [5, 5.41) is 22.0. The number of aliphatic hydroxyl groups is 1. The Bertz CT molecular complexity index is 401. The fourth-order valence-electron chi connectivity index (χ4n) is 2.24. The van der Waals surface area contributed by atoms with Crippen LogP contribution in [0.4, 0.5) is 0 Å². The Labute approximate surface area is 102 Å². The molecule has 1 aliphatic carbocycles. The lowest BCUT2D eigenvalue weighted by Crippen LogP contribution is -2.41. The Balaban J connectivity index is 1.82. The van der Waals surface area contributed by atoms with Crippen molar-refractivity contribution < 1.29 is 5.11 Å². The first kappa shape index (κ1) is 12.1. The fraction of sp³-hybridized carbons (Fsp3) is 0.500. The number of hydrogen-bond donors (Lipinski definition) is 2. The summed E-state index contributed by atoms with van der Waals surface area (Å²) >= 11 is 0. The molecule has 1 aliphatic rings. The monoisotopic (exact) mass is 230 g/mol. The van der Waals surface area contributed by atoms with E-state index in [1.807, 2.05) is 12.1 Å². The van der Waals surface area contributed by atoms with Gasteiger partial charge in [-0.05, 0) is 36.5 Å². The number of aliphatic hydroxyl groups excluding tert-OH is 1. The highest BCUT2D eigenvalue weighted by atomic mass is 16.3. The third-order valence-electron chi connectivity index (χ3n) is 3.40. The van der Waals surface area contributed by atoms with Crippen molar-refractivity contribution in [3.63, 3.8) is 0 Å². The molecule has 0 aromatic heterocycles. The lowest BCUT2D eigenvalue weighted by atomic mass is 9.82. The number of benzene rings is 1. The van der Waals surface area contributed by atoms with Crippen LogP contribution in [0.1, 0.15) is 37.0 Å². The molecule has 90 valence electrons. The van der Waals surface area contributed by atoms with Crippen molar-refractivity contribution in [1.82, 2.24) is 5.32 Å². The molecule has 3 nitrogen and oxygen atoms in total. The Hall–Kier alpha value is -1.37. The van der Waals surface area contributed by atoms with Crippen molar-refractivity contribution in [1.29, 1.82) is 5.26 Å². The van der Waals surface area contributed by atoms with Gasteiger partial charge < -0.3 is 10.4 Å². The molecule has 0 amide bonds. The van der Waals surface area contributed by atoms with E-state index in [0.29, 0.717) is 18.2 Å². The van der Waals surface area contributed by atoms with Gasteiger partial charge in [-0.15, -0.1) is 0 Å². The Morgan fingerprint density at radius 3 is 2.59 bits per heavy atom. The molecule has 3 heteroatoms. The average molecular weight is 230 g/mol. The first-order valence-corrected chi connectivity index (χ1v) is 6.10. The zero-order valence-electron chi connectivity index (χ0n) is 10.1. The third kappa shape index (κ3) is 3.06. The predicted octanol–water partition coefficient (Wildman–Crippen LogP) is 1.98. The maximum Gasteiger partial charge on any atom is 0.0991 e. The van der Waals surface area contributed by atoms with Gasteiger partial charge in [-0.3, -0.25) is 0 Å². The van der Waals surface area contributed by atoms with Crippen LogP contribution in [0.25, 0.3) is 0 Å². The molecule has 0 radical (unpaired) electrons. The van der Waals surface area contributed by atoms with E-state index < -0.39 is 6.10 Å². The van der Waals surface area contributed by atoms with E-state index in [9.17, 15) is 5.11 Å². The van der Waals surface area contributed by atoms with Gasteiger partial charge in [0.1, 0.15) is 0 Å². The van der Waals surface area contributed by atoms with E-state index in [1.54, 1.807) is 12.1 Å². The summed E-state index contributed by atoms with van der Waals surface area (Å²) in [5.41, 5.74) is 1.49. The second-order valence-electron chi connectivity index (χ2n) is 4.93. The van der Waals surface area contributed by atoms with E-state index >= 15 is 0 Å². The summed E-state index contributed by atoms with van der Waals surface area (Å²) in [4.78, 5) is 0. The average Bonchev–Trinajstić information content (AvgIpc) is 2.33. The zero-order chi connectivity index (χ0) is 12.3. The molecule has 17 heavy (non-hydrogen) atoms. The van der Waals surface area contributed by atoms with Gasteiger partial charge in [-0.25, -0.2) is 0 Å². The lowest BCUT2D eigenvalue weighted by Gasteiger charge is -2.34. The normalized spacial score (nSPS) is 24.8. The second kappa shape index (κ2) is 5.31. The van der Waals surface area contributed by atoms with Gasteiger partial charge in [0, 0.05) is 12.6 Å². The van der Waals surface area contributed by atoms with Crippen molar-refractivity contribution >= 4 is 0 Å². The van der Waals surface area contributed by atoms with Crippen LogP contribution in [0.3, 0.4) is 0 Å². The molecular formula is C14H18N2O. The van der Waals surface area contributed by atoms with Crippen LogP contribution in [-0.4, -0.2) is 17.7 Å². The van der Waals surface area contributed by atoms with Crippen LogP contribution in [-0.2, 0) is 0 Å². The van der Waals surface area contributed by atoms with Crippen molar-refractivity contribution in [2.24, 2.45) is 5.92 Å². The van der Waals surface area contributed by atoms with Crippen molar-refractivity contribution in [2.45, 2.75) is 31.9 Å². The van der Waals surface area contributed by atoms with Crippen LogP contribution < -0.4 is 5.32 Å². The molecule has 2 rings (SSSR count). The highest BCUT2D eigenvalue weighted by Gasteiger charge is 2.25. The topological polar surface area (TPSA) is 56.0 Å². The van der Waals surface area contributed by atoms with Gasteiger partial charge in [-0.2, -0.15) is 5.26 Å². The van der Waals surface area contributed by atoms with Crippen LogP contribution >= 0.6 is 0 Å². The number of nitrogens with zero attached hydrogens (tertiary/aromatic N) is 1. The minimum atomic E-state index is -0.487. The van der Waals surface area contributed by atoms with Crippen LogP contribution in [0.2, 0.25) is 0 Å². The molecule has 1 atom stereocenters. The molecule has 0 aliphatic heterocycles. The molecule has 0 spiro atoms. The zero-order valence-corrected chi connectivity index (χ0v) is 10.1. The predicted molar refractivity (Wildman–Crippen MR) is 66.3 cm³/mol. The quantitative estimate of drug-likeness (QED) is 0.831. The summed E-state index contributed by atoms with van der Waals surface area (Å²) in [6.07, 6.45) is 1.93. The molecule has 1 fully saturated rings. The number of rotatable bonds is 4. The van der Waals surface area contributed by atoms with E-state index in [4.69, 9.17) is 5.26 Å². The first-order valence-electron chi connectivity index (χ1n) is 6.10. The minimum Gasteiger partial charge on any atom is -0.387 e. The standard InChI is InChI=1S/C14H18N2O/c1-10-6-13(7-10)16-9-14(17)12-4-2-11(8-15)3-5-12/h2-5,10,13-14,16-17H,6-7,9H2,1H3. The summed E-state index contributed by atoms with van der Waals surface area (Å²) in [6, 6.07) is 9.74. The van der Waals surface area contributed by atoms with Gasteiger partial charge in [-0.1, -0.05) is 19.1 Å². The smallest absolute Gasteiger partial charge is 0.0991 e. The number of hydrogen-bond acceptors (Lipinski definition) is 3. The highest BCUT2D eigenvalue weighted by Crippen LogP contribution is 2.26. The van der Waals surface area contributed by atoms with Crippen molar-refractivity contribution in [2.75, 3.05) is 6.54 Å². The molecule has 0 bridgehead atoms. The summed E-state index contributed by atoms with van der Waals surface area (Å²) < 4.78 is 0. The Morgan fingerprint density at radius 1 is 1.41 bits per heavy atom. The number of nitriles is 1. The maximum absolute atomic E-state index is 9.97. The van der Waals surface area contributed by atoms with Crippen molar-refractivity contribution in [3.8, 4) is 6.07 Å². The van der Waals surface area contributed by atoms with Gasteiger partial charge in [0.25, 0.3) is 0 Å². The summed E-state index contributed by atoms with van der Waals surface area (Å²) in [5.74, 6) is 0.819. The Kier molecular flexibility index (Phi) is 3.78. The van der Waals surface area contributed by atoms with Crippen LogP contribution in [0.15, 0.2) is 24.3 Å². The molecule has 1 unspecified atom stereocenters. The molecule has 1 saturated carbocycles. The van der Waals surface area contributed by atoms with E-state index in [0.717, 1.165) is 11.5 Å². The largest absolute Gasteiger partial charge is 0.387 e. The van der Waals surface area contributed by atoms with Gasteiger partial charge in [0.05, 0.1) is 17.7 Å². The minimum absolute atomic E-state index is 0.487. The van der Waals surface area contributed by atoms with Gasteiger partial charge in [0.2, 0.25) is 0 Å². The maximum atomic E-state index is 9.97. The number of nitrogens with one attached hydrogen (secondary N) is 1. The van der Waals surface area contributed by atoms with Crippen LogP contribution in [0.5, 0.6) is 0 Å². The summed E-state index contributed by atoms with van der Waals surface area (Å²) in [6.45, 7) is 2.83. The second-order valence-corrected chi connectivity index (χ2v) is 4.93. The summed E-state index contributed by atoms with van der Waals surface area (Å²) in [7, 11) is 0. The molecule has 1 aromatic carbocycles. The molecule has 2 N–H and O–H groups in total. The van der Waals surface area contributed by atoms with Crippen molar-refractivity contribution in [3.05, 3.63) is 35.4 Å². The molecule has 1 aromatic rings. The third-order valence-corrected chi connectivity index (χ3v) is 3.40. The molecule has 0 heterocycles. The Morgan fingerprint density at radius 2 is 2.06 bits per heavy atom. The SMILES string of the molecule is CC1CC(NCC(O)c2ccc(C#N)cc2)C1. The molecular weight excluding hydrogens is 212 g/mol. The first-order chi connectivity index (χ1) is 8.19. The lowest BCUT2D eigenvalue weighted by molar-refractivity contribution is 0.150. The highest BCUT2D eigenvalue weighted by molar-refractivity contribution is 5.32. The van der Waals surface area contributed by atoms with E-state index in [2.05, 4.69) is 18.3 Å². The molecule has 0 saturated heterocycles. The van der Waals surface area contributed by atoms with Gasteiger partial charge >= 0.3 is 0 Å². The van der Waals surface area contributed by atoms with E-state index in [-0.39, 0.29) is 0 Å². The van der Waals surface area contributed by atoms with Gasteiger partial charge in [0.15, 0.2) is 0 Å². The van der Waals surface area contributed by atoms with E-state index in [1.165, 1.54) is 12.8 Å². The van der Waals surface area contributed by atoms with Crippen LogP contribution in [0, 0.1) is 17.2 Å².